The zero-order chi connectivity index (χ0) is 15.1. The zero-order valence-electron chi connectivity index (χ0n) is 13.3. The predicted octanol–water partition coefficient (Wildman–Crippen LogP) is 4.56. The molecule has 2 rings (SSSR count). The van der Waals surface area contributed by atoms with E-state index >= 15 is 0 Å². The fraction of sp³-hybridized carbons (Fsp3) is 0.368. The van der Waals surface area contributed by atoms with Crippen LogP contribution >= 0.6 is 0 Å². The summed E-state index contributed by atoms with van der Waals surface area (Å²) in [7, 11) is 0. The van der Waals surface area contributed by atoms with Crippen LogP contribution in [0.15, 0.2) is 42.5 Å². The van der Waals surface area contributed by atoms with Crippen molar-refractivity contribution in [3.63, 3.8) is 0 Å². The summed E-state index contributed by atoms with van der Waals surface area (Å²) >= 11 is 0. The Bertz CT molecular complexity index is 578. The SMILES string of the molecule is CCCOc1ccccc1-c1ccc(CNCC)cc1C. The highest BCUT2D eigenvalue weighted by molar-refractivity contribution is 5.73. The predicted molar refractivity (Wildman–Crippen MR) is 89.8 cm³/mol. The molecule has 0 aromatic heterocycles. The molecule has 2 aromatic carbocycles. The summed E-state index contributed by atoms with van der Waals surface area (Å²) in [4.78, 5) is 0. The average molecular weight is 283 g/mol. The van der Waals surface area contributed by atoms with Crippen molar-refractivity contribution >= 4 is 0 Å². The summed E-state index contributed by atoms with van der Waals surface area (Å²) < 4.78 is 5.88. The van der Waals surface area contributed by atoms with E-state index in [2.05, 4.69) is 62.5 Å². The molecule has 0 saturated carbocycles. The second-order valence-corrected chi connectivity index (χ2v) is 5.27. The van der Waals surface area contributed by atoms with Gasteiger partial charge >= 0.3 is 0 Å². The van der Waals surface area contributed by atoms with Crippen molar-refractivity contribution in [1.29, 1.82) is 0 Å². The number of ether oxygens (including phenoxy) is 1. The van der Waals surface area contributed by atoms with Crippen LogP contribution in [0.5, 0.6) is 5.75 Å². The second kappa shape index (κ2) is 7.84. The summed E-state index contributed by atoms with van der Waals surface area (Å²) in [5.41, 5.74) is 5.04. The van der Waals surface area contributed by atoms with E-state index in [-0.39, 0.29) is 0 Å². The molecule has 0 heterocycles. The lowest BCUT2D eigenvalue weighted by Crippen LogP contribution is -2.11. The first kappa shape index (κ1) is 15.6. The van der Waals surface area contributed by atoms with Crippen LogP contribution in [-0.4, -0.2) is 13.2 Å². The molecule has 0 atom stereocenters. The number of rotatable bonds is 7. The van der Waals surface area contributed by atoms with Gasteiger partial charge < -0.3 is 10.1 Å². The van der Waals surface area contributed by atoms with E-state index in [1.165, 1.54) is 22.3 Å². The smallest absolute Gasteiger partial charge is 0.127 e. The maximum absolute atomic E-state index is 5.88. The van der Waals surface area contributed by atoms with Crippen molar-refractivity contribution in [2.75, 3.05) is 13.2 Å². The molecule has 0 radical (unpaired) electrons. The van der Waals surface area contributed by atoms with Crippen molar-refractivity contribution in [3.8, 4) is 16.9 Å². The average Bonchev–Trinajstić information content (AvgIpc) is 2.51. The van der Waals surface area contributed by atoms with Crippen molar-refractivity contribution in [3.05, 3.63) is 53.6 Å². The maximum atomic E-state index is 5.88. The molecule has 112 valence electrons. The third-order valence-electron chi connectivity index (χ3n) is 3.51. The van der Waals surface area contributed by atoms with Crippen LogP contribution < -0.4 is 10.1 Å². The summed E-state index contributed by atoms with van der Waals surface area (Å²) in [6.07, 6.45) is 1.02. The van der Waals surface area contributed by atoms with E-state index in [1.807, 2.05) is 6.07 Å². The van der Waals surface area contributed by atoms with Gasteiger partial charge in [-0.3, -0.25) is 0 Å². The lowest BCUT2D eigenvalue weighted by molar-refractivity contribution is 0.318. The molecule has 0 saturated heterocycles. The molecule has 0 unspecified atom stereocenters. The molecule has 2 heteroatoms. The molecule has 0 aliphatic rings. The molecule has 0 bridgehead atoms. The number of hydrogen-bond acceptors (Lipinski definition) is 2. The van der Waals surface area contributed by atoms with Gasteiger partial charge in [-0.25, -0.2) is 0 Å². The van der Waals surface area contributed by atoms with Gasteiger partial charge in [0.05, 0.1) is 6.61 Å². The van der Waals surface area contributed by atoms with E-state index in [0.717, 1.165) is 31.9 Å². The molecule has 21 heavy (non-hydrogen) atoms. The third-order valence-corrected chi connectivity index (χ3v) is 3.51. The number of aryl methyl sites for hydroxylation is 1. The Morgan fingerprint density at radius 2 is 1.81 bits per heavy atom. The van der Waals surface area contributed by atoms with Gasteiger partial charge in [0.15, 0.2) is 0 Å². The number of hydrogen-bond donors (Lipinski definition) is 1. The summed E-state index contributed by atoms with van der Waals surface area (Å²) in [6.45, 7) is 9.10. The van der Waals surface area contributed by atoms with Crippen LogP contribution in [0.4, 0.5) is 0 Å². The van der Waals surface area contributed by atoms with Crippen molar-refractivity contribution in [2.24, 2.45) is 0 Å². The van der Waals surface area contributed by atoms with Gasteiger partial charge in [0.1, 0.15) is 5.75 Å². The van der Waals surface area contributed by atoms with E-state index in [1.54, 1.807) is 0 Å². The second-order valence-electron chi connectivity index (χ2n) is 5.27. The molecule has 0 amide bonds. The van der Waals surface area contributed by atoms with Crippen molar-refractivity contribution < 1.29 is 4.74 Å². The molecule has 2 nitrogen and oxygen atoms in total. The zero-order valence-corrected chi connectivity index (χ0v) is 13.3. The van der Waals surface area contributed by atoms with Gasteiger partial charge in [0, 0.05) is 12.1 Å². The Labute approximate surface area is 128 Å². The Balaban J connectivity index is 2.29. The molecule has 0 aliphatic heterocycles. The first-order valence-electron chi connectivity index (χ1n) is 7.78. The van der Waals surface area contributed by atoms with Gasteiger partial charge in [-0.2, -0.15) is 0 Å². The molecule has 0 aliphatic carbocycles. The quantitative estimate of drug-likeness (QED) is 0.804. The fourth-order valence-electron chi connectivity index (χ4n) is 2.43. The standard InChI is InChI=1S/C19H25NO/c1-4-12-21-19-9-7-6-8-18(19)17-11-10-16(13-15(17)3)14-20-5-2/h6-11,13,20H,4-5,12,14H2,1-3H3. The van der Waals surface area contributed by atoms with Crippen LogP contribution in [0.1, 0.15) is 31.4 Å². The van der Waals surface area contributed by atoms with E-state index < -0.39 is 0 Å². The highest BCUT2D eigenvalue weighted by Gasteiger charge is 2.08. The third kappa shape index (κ3) is 4.08. The van der Waals surface area contributed by atoms with Crippen LogP contribution in [0.25, 0.3) is 11.1 Å². The largest absolute Gasteiger partial charge is 0.493 e. The van der Waals surface area contributed by atoms with E-state index in [4.69, 9.17) is 4.74 Å². The lowest BCUT2D eigenvalue weighted by atomic mass is 9.97. The van der Waals surface area contributed by atoms with Gasteiger partial charge in [-0.15, -0.1) is 0 Å². The monoisotopic (exact) mass is 283 g/mol. The Kier molecular flexibility index (Phi) is 5.82. The Morgan fingerprint density at radius 3 is 2.52 bits per heavy atom. The number of nitrogens with one attached hydrogen (secondary N) is 1. The topological polar surface area (TPSA) is 21.3 Å². The summed E-state index contributed by atoms with van der Waals surface area (Å²) in [5, 5.41) is 3.37. The summed E-state index contributed by atoms with van der Waals surface area (Å²) in [5.74, 6) is 0.974. The highest BCUT2D eigenvalue weighted by Crippen LogP contribution is 2.32. The molecule has 0 fully saturated rings. The minimum Gasteiger partial charge on any atom is -0.493 e. The maximum Gasteiger partial charge on any atom is 0.127 e. The van der Waals surface area contributed by atoms with Crippen LogP contribution in [0.2, 0.25) is 0 Å². The van der Waals surface area contributed by atoms with Crippen molar-refractivity contribution in [2.45, 2.75) is 33.7 Å². The minimum absolute atomic E-state index is 0.758. The van der Waals surface area contributed by atoms with Crippen molar-refractivity contribution in [1.82, 2.24) is 5.32 Å². The van der Waals surface area contributed by atoms with Gasteiger partial charge in [-0.1, -0.05) is 50.2 Å². The van der Waals surface area contributed by atoms with Crippen LogP contribution in [-0.2, 0) is 6.54 Å². The normalized spacial score (nSPS) is 10.6. The summed E-state index contributed by atoms with van der Waals surface area (Å²) in [6, 6.07) is 14.9. The van der Waals surface area contributed by atoms with Crippen LogP contribution in [0.3, 0.4) is 0 Å². The first-order chi connectivity index (χ1) is 10.3. The first-order valence-corrected chi connectivity index (χ1v) is 7.78. The molecule has 2 aromatic rings. The van der Waals surface area contributed by atoms with Gasteiger partial charge in [0.2, 0.25) is 0 Å². The lowest BCUT2D eigenvalue weighted by Gasteiger charge is -2.14. The molecule has 1 N–H and O–H groups in total. The van der Waals surface area contributed by atoms with E-state index in [9.17, 15) is 0 Å². The molecule has 0 spiro atoms. The van der Waals surface area contributed by atoms with Gasteiger partial charge in [0.25, 0.3) is 0 Å². The Morgan fingerprint density at radius 1 is 1.00 bits per heavy atom. The minimum atomic E-state index is 0.758. The van der Waals surface area contributed by atoms with Gasteiger partial charge in [-0.05, 0) is 42.6 Å². The molecular weight excluding hydrogens is 258 g/mol. The number of para-hydroxylation sites is 1. The molecular formula is C19H25NO. The number of benzene rings is 2. The van der Waals surface area contributed by atoms with E-state index in [0.29, 0.717) is 0 Å². The Hall–Kier alpha value is -1.80. The fourth-order valence-corrected chi connectivity index (χ4v) is 2.43. The highest BCUT2D eigenvalue weighted by atomic mass is 16.5. The van der Waals surface area contributed by atoms with Crippen LogP contribution in [0, 0.1) is 6.92 Å².